The van der Waals surface area contributed by atoms with Crippen molar-refractivity contribution >= 4 is 34.5 Å². The lowest BCUT2D eigenvalue weighted by atomic mass is 9.98. The molecule has 1 aromatic heterocycles. The fourth-order valence-electron chi connectivity index (χ4n) is 7.61. The first-order chi connectivity index (χ1) is 25.8. The van der Waals surface area contributed by atoms with E-state index >= 15 is 0 Å². The summed E-state index contributed by atoms with van der Waals surface area (Å²) < 4.78 is 8.14. The van der Waals surface area contributed by atoms with Crippen molar-refractivity contribution in [1.82, 2.24) is 25.2 Å². The number of hydrogen-bond acceptors (Lipinski definition) is 7. The van der Waals surface area contributed by atoms with Crippen LogP contribution in [0.4, 0.5) is 0 Å². The quantitative estimate of drug-likeness (QED) is 0.0442. The van der Waals surface area contributed by atoms with Crippen molar-refractivity contribution in [3.8, 4) is 5.75 Å². The molecule has 1 unspecified atom stereocenters. The Labute approximate surface area is 311 Å². The van der Waals surface area contributed by atoms with E-state index in [4.69, 9.17) is 9.94 Å². The van der Waals surface area contributed by atoms with Crippen LogP contribution < -0.4 is 15.5 Å². The summed E-state index contributed by atoms with van der Waals surface area (Å²) in [7, 11) is 2.17. The average Bonchev–Trinajstić information content (AvgIpc) is 3.72. The summed E-state index contributed by atoms with van der Waals surface area (Å²) in [5, 5.41) is 12.4. The molecule has 3 aromatic carbocycles. The molecule has 53 heavy (non-hydrogen) atoms. The zero-order valence-electron chi connectivity index (χ0n) is 30.6. The summed E-state index contributed by atoms with van der Waals surface area (Å²) in [5.41, 5.74) is 7.16. The van der Waals surface area contributed by atoms with Crippen LogP contribution in [-0.4, -0.2) is 69.4 Å². The molecule has 1 saturated heterocycles. The lowest BCUT2D eigenvalue weighted by molar-refractivity contribution is -0.136. The first-order valence-electron chi connectivity index (χ1n) is 19.0. The monoisotopic (exact) mass is 721 g/mol. The molecular formula is C42H51N5O6. The Hall–Kier alpha value is -5.00. The van der Waals surface area contributed by atoms with Crippen molar-refractivity contribution in [3.63, 3.8) is 0 Å². The summed E-state index contributed by atoms with van der Waals surface area (Å²) in [5.74, 6) is -0.430. The zero-order valence-corrected chi connectivity index (χ0v) is 30.6. The van der Waals surface area contributed by atoms with Crippen LogP contribution in [0.3, 0.4) is 0 Å². The number of benzene rings is 3. The van der Waals surface area contributed by atoms with Crippen LogP contribution in [0, 0.1) is 0 Å². The molecule has 0 saturated carbocycles. The number of unbranched alkanes of at least 4 members (excludes halogenated alkanes) is 7. The van der Waals surface area contributed by atoms with Crippen LogP contribution in [-0.2, 0) is 35.6 Å². The van der Waals surface area contributed by atoms with Gasteiger partial charge in [0.25, 0.3) is 11.8 Å². The third-order valence-electron chi connectivity index (χ3n) is 10.5. The van der Waals surface area contributed by atoms with E-state index in [1.54, 1.807) is 22.5 Å². The normalized spacial score (nSPS) is 15.6. The Bertz CT molecular complexity index is 1920. The summed E-state index contributed by atoms with van der Waals surface area (Å²) in [6, 6.07) is 20.9. The molecule has 11 nitrogen and oxygen atoms in total. The summed E-state index contributed by atoms with van der Waals surface area (Å²) in [4.78, 5) is 52.9. The number of carbonyl (C=O) groups is 4. The molecule has 6 rings (SSSR count). The van der Waals surface area contributed by atoms with Gasteiger partial charge in [0.05, 0.1) is 6.54 Å². The van der Waals surface area contributed by atoms with E-state index in [9.17, 15) is 19.2 Å². The molecule has 1 fully saturated rings. The van der Waals surface area contributed by atoms with Gasteiger partial charge in [-0.15, -0.1) is 0 Å². The first-order valence-corrected chi connectivity index (χ1v) is 19.0. The molecule has 0 aliphatic carbocycles. The Balaban J connectivity index is 0.825. The van der Waals surface area contributed by atoms with Gasteiger partial charge in [-0.3, -0.25) is 29.7 Å². The number of hydroxylamine groups is 1. The van der Waals surface area contributed by atoms with Gasteiger partial charge in [0.2, 0.25) is 11.8 Å². The highest BCUT2D eigenvalue weighted by Crippen LogP contribution is 2.31. The summed E-state index contributed by atoms with van der Waals surface area (Å²) >= 11 is 0. The number of carbonyl (C=O) groups excluding carboxylic acids is 4. The van der Waals surface area contributed by atoms with Gasteiger partial charge in [-0.1, -0.05) is 68.9 Å². The number of ether oxygens (including phenoxy) is 1. The summed E-state index contributed by atoms with van der Waals surface area (Å²) in [6.07, 6.45) is 13.1. The minimum absolute atomic E-state index is 0.105. The van der Waals surface area contributed by atoms with Crippen LogP contribution in [0.5, 0.6) is 5.75 Å². The molecule has 0 spiro atoms. The van der Waals surface area contributed by atoms with Gasteiger partial charge in [-0.25, -0.2) is 5.48 Å². The van der Waals surface area contributed by atoms with E-state index < -0.39 is 11.9 Å². The van der Waals surface area contributed by atoms with E-state index in [1.807, 2.05) is 47.2 Å². The van der Waals surface area contributed by atoms with Gasteiger partial charge in [0.1, 0.15) is 18.4 Å². The largest absolute Gasteiger partial charge is 0.492 e. The van der Waals surface area contributed by atoms with Crippen molar-refractivity contribution < 1.29 is 29.1 Å². The lowest BCUT2D eigenvalue weighted by Gasteiger charge is -2.29. The van der Waals surface area contributed by atoms with Gasteiger partial charge in [0.15, 0.2) is 0 Å². The van der Waals surface area contributed by atoms with E-state index in [-0.39, 0.29) is 24.1 Å². The maximum atomic E-state index is 13.1. The minimum atomic E-state index is -0.572. The second-order valence-corrected chi connectivity index (χ2v) is 14.4. The van der Waals surface area contributed by atoms with Gasteiger partial charge in [-0.2, -0.15) is 0 Å². The molecule has 2 aliphatic heterocycles. The highest BCUT2D eigenvalue weighted by molar-refractivity contribution is 6.05. The molecule has 280 valence electrons. The molecule has 0 radical (unpaired) electrons. The molecule has 11 heteroatoms. The number of fused-ring (bicyclic) bond motifs is 2. The molecule has 3 N–H and O–H groups in total. The molecule has 4 aromatic rings. The van der Waals surface area contributed by atoms with Gasteiger partial charge in [0, 0.05) is 42.4 Å². The molecule has 3 heterocycles. The van der Waals surface area contributed by atoms with Gasteiger partial charge in [-0.05, 0) is 97.8 Å². The predicted molar refractivity (Wildman–Crippen MR) is 203 cm³/mol. The number of piperidine rings is 1. The topological polar surface area (TPSA) is 133 Å². The number of amides is 4. The fourth-order valence-corrected chi connectivity index (χ4v) is 7.61. The van der Waals surface area contributed by atoms with Crippen molar-refractivity contribution in [2.24, 2.45) is 0 Å². The zero-order chi connectivity index (χ0) is 37.2. The number of nitrogens with zero attached hydrogens (tertiary/aromatic N) is 3. The van der Waals surface area contributed by atoms with Crippen LogP contribution in [0.1, 0.15) is 102 Å². The van der Waals surface area contributed by atoms with Crippen LogP contribution in [0.2, 0.25) is 0 Å². The maximum absolute atomic E-state index is 13.1. The predicted octanol–water partition coefficient (Wildman–Crippen LogP) is 6.40. The lowest BCUT2D eigenvalue weighted by Crippen LogP contribution is -2.52. The Kier molecular flexibility index (Phi) is 12.9. The van der Waals surface area contributed by atoms with Crippen molar-refractivity contribution in [1.29, 1.82) is 0 Å². The van der Waals surface area contributed by atoms with Crippen LogP contribution in [0.25, 0.3) is 10.9 Å². The number of nitrogens with one attached hydrogen (secondary N) is 2. The number of imide groups is 1. The molecule has 4 amide bonds. The van der Waals surface area contributed by atoms with Gasteiger partial charge < -0.3 is 19.1 Å². The maximum Gasteiger partial charge on any atom is 0.274 e. The Morgan fingerprint density at radius 1 is 0.943 bits per heavy atom. The Morgan fingerprint density at radius 2 is 1.72 bits per heavy atom. The third-order valence-corrected chi connectivity index (χ3v) is 10.5. The first kappa shape index (κ1) is 37.7. The van der Waals surface area contributed by atoms with Gasteiger partial charge >= 0.3 is 0 Å². The van der Waals surface area contributed by atoms with Crippen molar-refractivity contribution in [2.45, 2.75) is 96.3 Å². The molecule has 2 aliphatic rings. The van der Waals surface area contributed by atoms with E-state index in [2.05, 4.69) is 35.5 Å². The Morgan fingerprint density at radius 3 is 2.51 bits per heavy atom. The minimum Gasteiger partial charge on any atom is -0.492 e. The van der Waals surface area contributed by atoms with Crippen LogP contribution >= 0.6 is 0 Å². The van der Waals surface area contributed by atoms with E-state index in [0.29, 0.717) is 37.2 Å². The fraction of sp³-hybridized carbons (Fsp3) is 0.429. The molecular weight excluding hydrogens is 670 g/mol. The highest BCUT2D eigenvalue weighted by Gasteiger charge is 2.39. The SMILES string of the molecule is CN(CCCCCCCCCCc1cccc2c1CN(C1CCC(=O)NC1=O)C2=O)Cc1cccc(OCCn2ccc3ccc(C(=O)NO)cc32)c1. The molecule has 0 bridgehead atoms. The highest BCUT2D eigenvalue weighted by atomic mass is 16.5. The van der Waals surface area contributed by atoms with Crippen molar-refractivity contribution in [3.05, 3.63) is 101 Å². The smallest absolute Gasteiger partial charge is 0.274 e. The summed E-state index contributed by atoms with van der Waals surface area (Å²) in [6.45, 7) is 3.48. The van der Waals surface area contributed by atoms with E-state index in [1.165, 1.54) is 49.7 Å². The third kappa shape index (κ3) is 9.71. The van der Waals surface area contributed by atoms with Crippen LogP contribution in [0.15, 0.2) is 72.9 Å². The second kappa shape index (κ2) is 18.2. The second-order valence-electron chi connectivity index (χ2n) is 14.4. The number of aromatic nitrogens is 1. The van der Waals surface area contributed by atoms with Crippen molar-refractivity contribution in [2.75, 3.05) is 20.2 Å². The number of aryl methyl sites for hydroxylation is 1. The molecule has 1 atom stereocenters. The average molecular weight is 722 g/mol. The standard InChI is InChI=1S/C42H51N5O6/c1-45(28-30-12-10-15-34(26-30)53-25-24-46-23-21-32-17-18-33(27-38(32)46)40(49)44-52)22-9-7-5-3-2-4-6-8-13-31-14-11-16-35-36(31)29-47(42(35)51)37-19-20-39(48)43-41(37)50/h10-12,14-18,21,23,26-27,37,52H,2-9,13,19-20,22,24-25,28-29H2,1H3,(H,44,49)(H,43,48,50). The number of rotatable bonds is 19. The van der Waals surface area contributed by atoms with E-state index in [0.717, 1.165) is 54.6 Å². The number of hydrogen-bond donors (Lipinski definition) is 3.